The highest BCUT2D eigenvalue weighted by Gasteiger charge is 2.34. The Balaban J connectivity index is 1.83. The normalized spacial score (nSPS) is 24.2. The van der Waals surface area contributed by atoms with Gasteiger partial charge in [0.15, 0.2) is 0 Å². The van der Waals surface area contributed by atoms with Gasteiger partial charge in [0.05, 0.1) is 6.07 Å². The lowest BCUT2D eigenvalue weighted by molar-refractivity contribution is -0.123. The van der Waals surface area contributed by atoms with E-state index in [0.717, 1.165) is 38.5 Å². The number of nitriles is 1. The first-order valence-corrected chi connectivity index (χ1v) is 8.20. The summed E-state index contributed by atoms with van der Waals surface area (Å²) in [5.74, 6) is 2.99. The van der Waals surface area contributed by atoms with Crippen molar-refractivity contribution in [3.63, 3.8) is 0 Å². The molecule has 0 spiro atoms. The molecule has 1 N–H and O–H groups in total. The summed E-state index contributed by atoms with van der Waals surface area (Å²) in [5, 5.41) is 12.4. The van der Waals surface area contributed by atoms with Crippen molar-refractivity contribution in [2.45, 2.75) is 56.9 Å². The summed E-state index contributed by atoms with van der Waals surface area (Å²) >= 11 is 1.98. The SMILES string of the molecule is N#CC1(NC(=O)CC2CCSCC2)CCCCC1. The van der Waals surface area contributed by atoms with Crippen molar-refractivity contribution < 1.29 is 4.79 Å². The molecule has 18 heavy (non-hydrogen) atoms. The lowest BCUT2D eigenvalue weighted by atomic mass is 9.82. The second kappa shape index (κ2) is 6.47. The number of hydrogen-bond acceptors (Lipinski definition) is 3. The molecule has 2 aliphatic rings. The molecule has 1 heterocycles. The molecule has 0 atom stereocenters. The third kappa shape index (κ3) is 3.65. The van der Waals surface area contributed by atoms with Crippen LogP contribution in [0.2, 0.25) is 0 Å². The van der Waals surface area contributed by atoms with Gasteiger partial charge in [0, 0.05) is 6.42 Å². The second-order valence-electron chi connectivity index (χ2n) is 5.56. The Bertz CT molecular complexity index is 325. The van der Waals surface area contributed by atoms with Crippen molar-refractivity contribution in [3.8, 4) is 6.07 Å². The standard InChI is InChI=1S/C14H22N2OS/c15-11-14(6-2-1-3-7-14)16-13(17)10-12-4-8-18-9-5-12/h12H,1-10H2,(H,16,17). The Kier molecular flexibility index (Phi) is 4.94. The van der Waals surface area contributed by atoms with Gasteiger partial charge in [-0.3, -0.25) is 4.79 Å². The molecule has 3 nitrogen and oxygen atoms in total. The van der Waals surface area contributed by atoms with Crippen LogP contribution >= 0.6 is 11.8 Å². The molecular weight excluding hydrogens is 244 g/mol. The predicted molar refractivity (Wildman–Crippen MR) is 74.2 cm³/mol. The number of rotatable bonds is 3. The van der Waals surface area contributed by atoms with Crippen LogP contribution < -0.4 is 5.32 Å². The fourth-order valence-corrected chi connectivity index (χ4v) is 4.15. The van der Waals surface area contributed by atoms with Gasteiger partial charge in [0.25, 0.3) is 0 Å². The summed E-state index contributed by atoms with van der Waals surface area (Å²) in [6.45, 7) is 0. The summed E-state index contributed by atoms with van der Waals surface area (Å²) in [5.41, 5.74) is -0.557. The molecule has 1 saturated heterocycles. The van der Waals surface area contributed by atoms with E-state index in [1.807, 2.05) is 11.8 Å². The van der Waals surface area contributed by atoms with Gasteiger partial charge < -0.3 is 5.32 Å². The van der Waals surface area contributed by atoms with Crippen molar-refractivity contribution in [1.29, 1.82) is 5.26 Å². The van der Waals surface area contributed by atoms with Gasteiger partial charge in [-0.2, -0.15) is 17.0 Å². The summed E-state index contributed by atoms with van der Waals surface area (Å²) in [6.07, 6.45) is 7.89. The summed E-state index contributed by atoms with van der Waals surface area (Å²) in [7, 11) is 0. The van der Waals surface area contributed by atoms with Crippen LogP contribution in [-0.4, -0.2) is 23.0 Å². The summed E-state index contributed by atoms with van der Waals surface area (Å²) in [4.78, 5) is 12.1. The van der Waals surface area contributed by atoms with Crippen molar-refractivity contribution in [1.82, 2.24) is 5.32 Å². The van der Waals surface area contributed by atoms with Crippen molar-refractivity contribution in [2.75, 3.05) is 11.5 Å². The number of hydrogen-bond donors (Lipinski definition) is 1. The molecule has 2 fully saturated rings. The van der Waals surface area contributed by atoms with Gasteiger partial charge in [-0.25, -0.2) is 0 Å². The third-order valence-corrected chi connectivity index (χ3v) is 5.16. The van der Waals surface area contributed by atoms with Crippen LogP contribution in [0, 0.1) is 17.2 Å². The molecule has 1 aliphatic carbocycles. The van der Waals surface area contributed by atoms with Gasteiger partial charge in [0.2, 0.25) is 5.91 Å². The number of nitrogens with one attached hydrogen (secondary N) is 1. The molecule has 0 aromatic rings. The van der Waals surface area contributed by atoms with Crippen LogP contribution in [0.5, 0.6) is 0 Å². The first-order chi connectivity index (χ1) is 8.74. The van der Waals surface area contributed by atoms with E-state index in [0.29, 0.717) is 12.3 Å². The van der Waals surface area contributed by atoms with E-state index in [9.17, 15) is 10.1 Å². The summed E-state index contributed by atoms with van der Waals surface area (Å²) < 4.78 is 0. The molecule has 0 aromatic carbocycles. The quantitative estimate of drug-likeness (QED) is 0.854. The molecule has 0 aromatic heterocycles. The highest BCUT2D eigenvalue weighted by Crippen LogP contribution is 2.29. The van der Waals surface area contributed by atoms with E-state index in [-0.39, 0.29) is 5.91 Å². The van der Waals surface area contributed by atoms with Crippen LogP contribution in [0.25, 0.3) is 0 Å². The molecule has 2 rings (SSSR count). The molecule has 0 bridgehead atoms. The predicted octanol–water partition coefficient (Wildman–Crippen LogP) is 2.86. The first-order valence-electron chi connectivity index (χ1n) is 7.04. The molecule has 0 unspecified atom stereocenters. The minimum Gasteiger partial charge on any atom is -0.338 e. The Morgan fingerprint density at radius 1 is 1.28 bits per heavy atom. The average molecular weight is 266 g/mol. The fraction of sp³-hybridized carbons (Fsp3) is 0.857. The van der Waals surface area contributed by atoms with E-state index in [1.165, 1.54) is 17.9 Å². The zero-order valence-corrected chi connectivity index (χ0v) is 11.7. The number of nitrogens with zero attached hydrogens (tertiary/aromatic N) is 1. The first kappa shape index (κ1) is 13.7. The van der Waals surface area contributed by atoms with E-state index in [4.69, 9.17) is 0 Å². The Morgan fingerprint density at radius 2 is 1.94 bits per heavy atom. The van der Waals surface area contributed by atoms with Gasteiger partial charge in [-0.05, 0) is 43.1 Å². The van der Waals surface area contributed by atoms with Crippen LogP contribution in [0.3, 0.4) is 0 Å². The van der Waals surface area contributed by atoms with Crippen LogP contribution in [0.1, 0.15) is 51.4 Å². The number of thioether (sulfide) groups is 1. The van der Waals surface area contributed by atoms with E-state index in [1.54, 1.807) is 0 Å². The van der Waals surface area contributed by atoms with Crippen molar-refractivity contribution in [2.24, 2.45) is 5.92 Å². The highest BCUT2D eigenvalue weighted by atomic mass is 32.2. The van der Waals surface area contributed by atoms with Gasteiger partial charge in [0.1, 0.15) is 5.54 Å². The molecule has 0 radical (unpaired) electrons. The average Bonchev–Trinajstić information content (AvgIpc) is 2.41. The Morgan fingerprint density at radius 3 is 2.56 bits per heavy atom. The van der Waals surface area contributed by atoms with Gasteiger partial charge >= 0.3 is 0 Å². The van der Waals surface area contributed by atoms with Crippen LogP contribution in [0.4, 0.5) is 0 Å². The van der Waals surface area contributed by atoms with Crippen LogP contribution in [-0.2, 0) is 4.79 Å². The Labute approximate surface area is 114 Å². The topological polar surface area (TPSA) is 52.9 Å². The van der Waals surface area contributed by atoms with Gasteiger partial charge in [-0.1, -0.05) is 19.3 Å². The third-order valence-electron chi connectivity index (χ3n) is 4.11. The minimum absolute atomic E-state index is 0.0929. The zero-order valence-electron chi connectivity index (χ0n) is 10.9. The van der Waals surface area contributed by atoms with Crippen LogP contribution in [0.15, 0.2) is 0 Å². The molecule has 1 saturated carbocycles. The number of amides is 1. The highest BCUT2D eigenvalue weighted by molar-refractivity contribution is 7.99. The maximum absolute atomic E-state index is 12.1. The Hall–Kier alpha value is -0.690. The maximum atomic E-state index is 12.1. The summed E-state index contributed by atoms with van der Waals surface area (Å²) in [6, 6.07) is 2.35. The molecular formula is C14H22N2OS. The minimum atomic E-state index is -0.557. The lowest BCUT2D eigenvalue weighted by Crippen LogP contribution is -2.49. The molecule has 100 valence electrons. The van der Waals surface area contributed by atoms with E-state index < -0.39 is 5.54 Å². The monoisotopic (exact) mass is 266 g/mol. The fourth-order valence-electron chi connectivity index (χ4n) is 2.95. The molecule has 1 aliphatic heterocycles. The van der Waals surface area contributed by atoms with Crippen molar-refractivity contribution >= 4 is 17.7 Å². The van der Waals surface area contributed by atoms with Gasteiger partial charge in [-0.15, -0.1) is 0 Å². The zero-order chi connectivity index (χ0) is 12.8. The largest absolute Gasteiger partial charge is 0.338 e. The van der Waals surface area contributed by atoms with E-state index in [2.05, 4.69) is 11.4 Å². The maximum Gasteiger partial charge on any atom is 0.221 e. The molecule has 4 heteroatoms. The van der Waals surface area contributed by atoms with Crippen molar-refractivity contribution in [3.05, 3.63) is 0 Å². The molecule has 1 amide bonds. The second-order valence-corrected chi connectivity index (χ2v) is 6.79. The number of carbonyl (C=O) groups excluding carboxylic acids is 1. The lowest BCUT2D eigenvalue weighted by Gasteiger charge is -2.32. The number of carbonyl (C=O) groups is 1. The smallest absolute Gasteiger partial charge is 0.221 e. The van der Waals surface area contributed by atoms with E-state index >= 15 is 0 Å².